The third-order valence-electron chi connectivity index (χ3n) is 3.81. The Morgan fingerprint density at radius 3 is 2.78 bits per heavy atom. The Kier molecular flexibility index (Phi) is 8.87. The lowest BCUT2D eigenvalue weighted by atomic mass is 10.1. The molecule has 1 amide bonds. The number of nitrogens with zero attached hydrogens (tertiary/aromatic N) is 1. The molecule has 0 aromatic rings. The van der Waals surface area contributed by atoms with Crippen molar-refractivity contribution in [1.82, 2.24) is 10.2 Å². The molecule has 1 saturated heterocycles. The highest BCUT2D eigenvalue weighted by molar-refractivity contribution is 5.68. The lowest BCUT2D eigenvalue weighted by Gasteiger charge is -2.37. The highest BCUT2D eigenvalue weighted by atomic mass is 16.6. The predicted octanol–water partition coefficient (Wildman–Crippen LogP) is 2.15. The average Bonchev–Trinajstić information content (AvgIpc) is 2.45. The maximum absolute atomic E-state index is 12.3. The molecule has 23 heavy (non-hydrogen) atoms. The molecule has 2 atom stereocenters. The summed E-state index contributed by atoms with van der Waals surface area (Å²) in [6, 6.07) is 0.360. The van der Waals surface area contributed by atoms with E-state index in [1.165, 1.54) is 0 Å². The van der Waals surface area contributed by atoms with Gasteiger partial charge in [0.05, 0.1) is 19.3 Å². The van der Waals surface area contributed by atoms with Crippen molar-refractivity contribution in [2.24, 2.45) is 0 Å². The van der Waals surface area contributed by atoms with Gasteiger partial charge in [0.25, 0.3) is 0 Å². The van der Waals surface area contributed by atoms with Crippen molar-refractivity contribution >= 4 is 6.09 Å². The van der Waals surface area contributed by atoms with Crippen LogP contribution in [0.1, 0.15) is 53.4 Å². The van der Waals surface area contributed by atoms with Crippen LogP contribution in [0.2, 0.25) is 0 Å². The number of carbonyl (C=O) groups excluding carboxylic acids is 1. The third-order valence-corrected chi connectivity index (χ3v) is 3.81. The zero-order chi connectivity index (χ0) is 17.3. The van der Waals surface area contributed by atoms with E-state index >= 15 is 0 Å². The van der Waals surface area contributed by atoms with Crippen LogP contribution in [0.5, 0.6) is 0 Å². The number of amides is 1. The minimum atomic E-state index is -0.476. The van der Waals surface area contributed by atoms with Gasteiger partial charge in [-0.15, -0.1) is 0 Å². The van der Waals surface area contributed by atoms with E-state index in [1.54, 1.807) is 4.90 Å². The summed E-state index contributed by atoms with van der Waals surface area (Å²) in [6.07, 6.45) is 3.55. The summed E-state index contributed by atoms with van der Waals surface area (Å²) >= 11 is 0. The van der Waals surface area contributed by atoms with Crippen LogP contribution < -0.4 is 5.32 Å². The second-order valence-corrected chi connectivity index (χ2v) is 7.28. The van der Waals surface area contributed by atoms with E-state index in [0.29, 0.717) is 25.8 Å². The predicted molar refractivity (Wildman–Crippen MR) is 90.6 cm³/mol. The molecule has 2 unspecified atom stereocenters. The fraction of sp³-hybridized carbons (Fsp3) is 0.941. The molecule has 0 bridgehead atoms. The molecular formula is C17H34N2O4. The van der Waals surface area contributed by atoms with Crippen molar-refractivity contribution in [3.8, 4) is 0 Å². The van der Waals surface area contributed by atoms with Crippen molar-refractivity contribution in [1.29, 1.82) is 0 Å². The average molecular weight is 330 g/mol. The van der Waals surface area contributed by atoms with Crippen LogP contribution in [0.3, 0.4) is 0 Å². The molecule has 1 aliphatic rings. The lowest BCUT2D eigenvalue weighted by Crippen LogP contribution is -2.52. The van der Waals surface area contributed by atoms with Crippen LogP contribution in [-0.4, -0.2) is 66.7 Å². The minimum Gasteiger partial charge on any atom is -0.444 e. The van der Waals surface area contributed by atoms with Gasteiger partial charge in [0, 0.05) is 19.2 Å². The van der Waals surface area contributed by atoms with Gasteiger partial charge in [0.2, 0.25) is 0 Å². The van der Waals surface area contributed by atoms with E-state index < -0.39 is 5.60 Å². The van der Waals surface area contributed by atoms with Gasteiger partial charge in [-0.1, -0.05) is 0 Å². The third kappa shape index (κ3) is 8.53. The number of rotatable bonds is 8. The molecule has 0 aliphatic carbocycles. The molecule has 0 radical (unpaired) electrons. The highest BCUT2D eigenvalue weighted by Gasteiger charge is 2.31. The van der Waals surface area contributed by atoms with Crippen molar-refractivity contribution < 1.29 is 19.4 Å². The van der Waals surface area contributed by atoms with Gasteiger partial charge in [-0.3, -0.25) is 0 Å². The Morgan fingerprint density at radius 2 is 2.13 bits per heavy atom. The lowest BCUT2D eigenvalue weighted by molar-refractivity contribution is -0.0355. The number of aliphatic hydroxyl groups is 1. The Bertz CT molecular complexity index is 344. The van der Waals surface area contributed by atoms with Gasteiger partial charge >= 0.3 is 6.09 Å². The quantitative estimate of drug-likeness (QED) is 0.667. The second kappa shape index (κ2) is 10.1. The molecule has 6 heteroatoms. The van der Waals surface area contributed by atoms with E-state index in [2.05, 4.69) is 12.2 Å². The van der Waals surface area contributed by atoms with Crippen LogP contribution in [0.4, 0.5) is 4.79 Å². The number of ether oxygens (including phenoxy) is 2. The highest BCUT2D eigenvalue weighted by Crippen LogP contribution is 2.17. The Balaban J connectivity index is 2.40. The molecule has 1 rings (SSSR count). The second-order valence-electron chi connectivity index (χ2n) is 7.28. The first-order valence-corrected chi connectivity index (χ1v) is 8.75. The maximum atomic E-state index is 12.3. The van der Waals surface area contributed by atoms with Gasteiger partial charge in [-0.2, -0.15) is 0 Å². The topological polar surface area (TPSA) is 71.0 Å². The van der Waals surface area contributed by atoms with Crippen LogP contribution in [0.15, 0.2) is 0 Å². The van der Waals surface area contributed by atoms with E-state index in [-0.39, 0.29) is 18.7 Å². The monoisotopic (exact) mass is 330 g/mol. The Labute approximate surface area is 140 Å². The fourth-order valence-corrected chi connectivity index (χ4v) is 2.66. The van der Waals surface area contributed by atoms with Crippen LogP contribution in [0, 0.1) is 0 Å². The Morgan fingerprint density at radius 1 is 1.39 bits per heavy atom. The summed E-state index contributed by atoms with van der Waals surface area (Å²) in [5.74, 6) is 0. The number of aliphatic hydroxyl groups excluding tert-OH is 1. The number of unbranched alkanes of at least 4 members (excludes halogenated alkanes) is 2. The summed E-state index contributed by atoms with van der Waals surface area (Å²) < 4.78 is 11.0. The van der Waals surface area contributed by atoms with Crippen molar-refractivity contribution in [3.63, 3.8) is 0 Å². The Hall–Kier alpha value is -0.850. The molecule has 6 nitrogen and oxygen atoms in total. The van der Waals surface area contributed by atoms with Crippen LogP contribution in [0.25, 0.3) is 0 Å². The summed E-state index contributed by atoms with van der Waals surface area (Å²) in [5.41, 5.74) is -0.476. The van der Waals surface area contributed by atoms with Crippen molar-refractivity contribution in [2.45, 2.75) is 71.1 Å². The molecule has 136 valence electrons. The summed E-state index contributed by atoms with van der Waals surface area (Å²) in [5, 5.41) is 12.2. The first-order chi connectivity index (χ1) is 10.8. The SMILES string of the molecule is CC(CC1COCCN1C(=O)OC(C)(C)C)NCCCCCO. The normalized spacial score (nSPS) is 20.4. The molecular weight excluding hydrogens is 296 g/mol. The van der Waals surface area contributed by atoms with Crippen LogP contribution in [-0.2, 0) is 9.47 Å². The summed E-state index contributed by atoms with van der Waals surface area (Å²) in [4.78, 5) is 14.1. The number of nitrogens with one attached hydrogen (secondary N) is 1. The maximum Gasteiger partial charge on any atom is 0.410 e. The number of hydrogen-bond acceptors (Lipinski definition) is 5. The summed E-state index contributed by atoms with van der Waals surface area (Å²) in [6.45, 7) is 10.7. The van der Waals surface area contributed by atoms with Crippen molar-refractivity contribution in [2.75, 3.05) is 32.9 Å². The van der Waals surface area contributed by atoms with Gasteiger partial charge in [0.15, 0.2) is 0 Å². The first-order valence-electron chi connectivity index (χ1n) is 8.75. The van der Waals surface area contributed by atoms with E-state index in [4.69, 9.17) is 14.6 Å². The molecule has 1 aliphatic heterocycles. The molecule has 1 heterocycles. The molecule has 1 fully saturated rings. The smallest absolute Gasteiger partial charge is 0.410 e. The van der Waals surface area contributed by atoms with Crippen LogP contribution >= 0.6 is 0 Å². The number of carbonyl (C=O) groups is 1. The minimum absolute atomic E-state index is 0.0542. The van der Waals surface area contributed by atoms with E-state index in [0.717, 1.165) is 32.2 Å². The van der Waals surface area contributed by atoms with Gasteiger partial charge in [-0.25, -0.2) is 4.79 Å². The zero-order valence-corrected chi connectivity index (χ0v) is 15.1. The number of morpholine rings is 1. The van der Waals surface area contributed by atoms with Gasteiger partial charge in [-0.05, 0) is 59.9 Å². The summed E-state index contributed by atoms with van der Waals surface area (Å²) in [7, 11) is 0. The number of hydrogen-bond donors (Lipinski definition) is 2. The largest absolute Gasteiger partial charge is 0.444 e. The fourth-order valence-electron chi connectivity index (χ4n) is 2.66. The van der Waals surface area contributed by atoms with E-state index in [9.17, 15) is 4.79 Å². The van der Waals surface area contributed by atoms with Gasteiger partial charge in [0.1, 0.15) is 5.60 Å². The molecule has 0 saturated carbocycles. The van der Waals surface area contributed by atoms with Gasteiger partial charge < -0.3 is 24.8 Å². The first kappa shape index (κ1) is 20.2. The zero-order valence-electron chi connectivity index (χ0n) is 15.1. The van der Waals surface area contributed by atoms with E-state index in [1.807, 2.05) is 20.8 Å². The van der Waals surface area contributed by atoms with Crippen molar-refractivity contribution in [3.05, 3.63) is 0 Å². The molecule has 0 aromatic carbocycles. The molecule has 0 spiro atoms. The molecule has 0 aromatic heterocycles. The molecule has 2 N–H and O–H groups in total. The standard InChI is InChI=1S/C17H34N2O4/c1-14(18-8-6-5-7-10-20)12-15-13-22-11-9-19(15)16(21)23-17(2,3)4/h14-15,18,20H,5-13H2,1-4H3.